The van der Waals surface area contributed by atoms with Crippen molar-refractivity contribution in [3.8, 4) is 0 Å². The zero-order valence-corrected chi connectivity index (χ0v) is 14.1. The van der Waals surface area contributed by atoms with Gasteiger partial charge in [-0.1, -0.05) is 18.2 Å². The molecule has 1 saturated carbocycles. The van der Waals surface area contributed by atoms with Crippen LogP contribution in [0.3, 0.4) is 0 Å². The number of amidine groups is 1. The second-order valence-electron chi connectivity index (χ2n) is 5.35. The molecule has 24 heavy (non-hydrogen) atoms. The molecule has 124 valence electrons. The molecule has 3 rings (SSSR count). The number of para-hydroxylation sites is 1. The lowest BCUT2D eigenvalue weighted by Crippen LogP contribution is -2.24. The minimum absolute atomic E-state index is 0.263. The van der Waals surface area contributed by atoms with Crippen LogP contribution in [0, 0.1) is 0 Å². The van der Waals surface area contributed by atoms with Crippen molar-refractivity contribution < 1.29 is 14.3 Å². The number of benzene rings is 1. The Kier molecular flexibility index (Phi) is 5.10. The second kappa shape index (κ2) is 7.44. The van der Waals surface area contributed by atoms with Gasteiger partial charge in [0.1, 0.15) is 0 Å². The molecule has 0 N–H and O–H groups in total. The first-order valence-electron chi connectivity index (χ1n) is 7.69. The lowest BCUT2D eigenvalue weighted by Gasteiger charge is -2.10. The molecule has 0 spiro atoms. The van der Waals surface area contributed by atoms with Gasteiger partial charge in [-0.05, 0) is 49.6 Å². The van der Waals surface area contributed by atoms with E-state index in [1.54, 1.807) is 0 Å². The van der Waals surface area contributed by atoms with E-state index in [-0.39, 0.29) is 10.8 Å². The van der Waals surface area contributed by atoms with Crippen molar-refractivity contribution >= 4 is 40.2 Å². The smallest absolute Gasteiger partial charge is 0.331 e. The number of methoxy groups -OCH3 is 1. The van der Waals surface area contributed by atoms with Crippen LogP contribution in [0.5, 0.6) is 0 Å². The summed E-state index contributed by atoms with van der Waals surface area (Å²) in [4.78, 5) is 28.8. The summed E-state index contributed by atoms with van der Waals surface area (Å²) < 4.78 is 4.61. The minimum Gasteiger partial charge on any atom is -0.466 e. The largest absolute Gasteiger partial charge is 0.466 e. The van der Waals surface area contributed by atoms with E-state index < -0.39 is 5.97 Å². The molecule has 1 saturated heterocycles. The zero-order valence-electron chi connectivity index (χ0n) is 13.3. The van der Waals surface area contributed by atoms with Gasteiger partial charge in [0.15, 0.2) is 5.17 Å². The third-order valence-electron chi connectivity index (χ3n) is 3.64. The second-order valence-corrected chi connectivity index (χ2v) is 6.36. The van der Waals surface area contributed by atoms with Crippen LogP contribution in [0.25, 0.3) is 0 Å². The molecule has 0 unspecified atom stereocenters. The Bertz CT molecular complexity index is 733. The first-order valence-corrected chi connectivity index (χ1v) is 8.51. The van der Waals surface area contributed by atoms with Crippen molar-refractivity contribution in [3.63, 3.8) is 0 Å². The standard InChI is InChI=1S/C17H17N3O3S/c1-23-15(21)11-14-16(22)20(19-13-9-5-6-10-13)17(24-14)18-12-7-3-2-4-8-12/h2-4,7-8,11H,5-6,9-10H2,1H3/b14-11-,18-17?. The maximum absolute atomic E-state index is 12.6. The fraction of sp³-hybridized carbons (Fsp3) is 0.294. The number of nitrogens with zero attached hydrogens (tertiary/aromatic N) is 3. The van der Waals surface area contributed by atoms with Gasteiger partial charge in [0, 0.05) is 11.8 Å². The highest BCUT2D eigenvalue weighted by Crippen LogP contribution is 2.33. The molecule has 0 radical (unpaired) electrons. The maximum atomic E-state index is 12.6. The van der Waals surface area contributed by atoms with Gasteiger partial charge in [0.05, 0.1) is 17.7 Å². The molecular weight excluding hydrogens is 326 g/mol. The predicted molar refractivity (Wildman–Crippen MR) is 94.0 cm³/mol. The summed E-state index contributed by atoms with van der Waals surface area (Å²) in [6.07, 6.45) is 5.14. The van der Waals surface area contributed by atoms with E-state index in [4.69, 9.17) is 0 Å². The van der Waals surface area contributed by atoms with Crippen LogP contribution >= 0.6 is 11.8 Å². The van der Waals surface area contributed by atoms with Crippen molar-refractivity contribution in [1.82, 2.24) is 5.01 Å². The van der Waals surface area contributed by atoms with Gasteiger partial charge in [0.25, 0.3) is 5.91 Å². The topological polar surface area (TPSA) is 71.3 Å². The Morgan fingerprint density at radius 3 is 2.62 bits per heavy atom. The van der Waals surface area contributed by atoms with E-state index in [9.17, 15) is 9.59 Å². The fourth-order valence-corrected chi connectivity index (χ4v) is 3.32. The molecule has 1 aliphatic carbocycles. The number of aliphatic imine (C=N–C) groups is 1. The van der Waals surface area contributed by atoms with Crippen molar-refractivity contribution in [2.75, 3.05) is 7.11 Å². The van der Waals surface area contributed by atoms with Gasteiger partial charge in [-0.25, -0.2) is 9.79 Å². The fourth-order valence-electron chi connectivity index (χ4n) is 2.43. The minimum atomic E-state index is -0.569. The Morgan fingerprint density at radius 1 is 1.25 bits per heavy atom. The normalized spacial score (nSPS) is 21.0. The van der Waals surface area contributed by atoms with Gasteiger partial charge in [0.2, 0.25) is 0 Å². The van der Waals surface area contributed by atoms with Gasteiger partial charge < -0.3 is 4.74 Å². The summed E-state index contributed by atoms with van der Waals surface area (Å²) in [6.45, 7) is 0. The molecule has 1 amide bonds. The number of amides is 1. The number of esters is 1. The Morgan fingerprint density at radius 2 is 1.96 bits per heavy atom. The lowest BCUT2D eigenvalue weighted by atomic mass is 10.3. The van der Waals surface area contributed by atoms with Gasteiger partial charge in [-0.15, -0.1) is 0 Å². The molecule has 1 aliphatic heterocycles. The number of rotatable bonds is 3. The van der Waals surface area contributed by atoms with Crippen molar-refractivity contribution in [3.05, 3.63) is 41.3 Å². The number of carbonyl (C=O) groups excluding carboxylic acids is 2. The van der Waals surface area contributed by atoms with E-state index >= 15 is 0 Å². The first kappa shape index (κ1) is 16.4. The SMILES string of the molecule is COC(=O)/C=C1\SC(=Nc2ccccc2)N(N=C2CCCC2)C1=O. The summed E-state index contributed by atoms with van der Waals surface area (Å²) in [6, 6.07) is 9.34. The van der Waals surface area contributed by atoms with Crippen LogP contribution in [0.2, 0.25) is 0 Å². The van der Waals surface area contributed by atoms with E-state index in [0.717, 1.165) is 48.8 Å². The van der Waals surface area contributed by atoms with Crippen LogP contribution in [0.4, 0.5) is 5.69 Å². The molecule has 6 nitrogen and oxygen atoms in total. The number of hydrogen-bond donors (Lipinski definition) is 0. The molecule has 0 aromatic heterocycles. The van der Waals surface area contributed by atoms with E-state index in [1.165, 1.54) is 18.2 Å². The summed E-state index contributed by atoms with van der Waals surface area (Å²) >= 11 is 1.13. The monoisotopic (exact) mass is 343 g/mol. The Hall–Kier alpha value is -2.41. The number of carbonyl (C=O) groups is 2. The van der Waals surface area contributed by atoms with Gasteiger partial charge in [-0.2, -0.15) is 10.1 Å². The maximum Gasteiger partial charge on any atom is 0.331 e. The summed E-state index contributed by atoms with van der Waals surface area (Å²) in [5.74, 6) is -0.917. The molecule has 2 fully saturated rings. The third kappa shape index (κ3) is 3.73. The number of ether oxygens (including phenoxy) is 1. The highest BCUT2D eigenvalue weighted by atomic mass is 32.2. The quantitative estimate of drug-likeness (QED) is 0.624. The molecule has 7 heteroatoms. The highest BCUT2D eigenvalue weighted by molar-refractivity contribution is 8.18. The molecule has 0 bridgehead atoms. The van der Waals surface area contributed by atoms with Crippen LogP contribution in [0.1, 0.15) is 25.7 Å². The number of hydrazone groups is 1. The van der Waals surface area contributed by atoms with Crippen molar-refractivity contribution in [1.29, 1.82) is 0 Å². The Labute approximate surface area is 144 Å². The Balaban J connectivity index is 1.95. The van der Waals surface area contributed by atoms with Crippen LogP contribution < -0.4 is 0 Å². The molecular formula is C17H17N3O3S. The zero-order chi connectivity index (χ0) is 16.9. The van der Waals surface area contributed by atoms with E-state index in [2.05, 4.69) is 14.8 Å². The third-order valence-corrected chi connectivity index (χ3v) is 4.60. The molecule has 1 aromatic carbocycles. The van der Waals surface area contributed by atoms with Crippen LogP contribution in [0.15, 0.2) is 51.4 Å². The van der Waals surface area contributed by atoms with E-state index in [1.807, 2.05) is 30.3 Å². The number of thioether (sulfide) groups is 1. The summed E-state index contributed by atoms with van der Waals surface area (Å²) in [5, 5.41) is 6.22. The average molecular weight is 343 g/mol. The van der Waals surface area contributed by atoms with Crippen molar-refractivity contribution in [2.45, 2.75) is 25.7 Å². The molecule has 0 atom stereocenters. The summed E-state index contributed by atoms with van der Waals surface area (Å²) in [5.41, 5.74) is 1.72. The highest BCUT2D eigenvalue weighted by Gasteiger charge is 2.35. The molecule has 2 aliphatic rings. The molecule has 1 aromatic rings. The lowest BCUT2D eigenvalue weighted by molar-refractivity contribution is -0.135. The summed E-state index contributed by atoms with van der Waals surface area (Å²) in [7, 11) is 1.28. The predicted octanol–water partition coefficient (Wildman–Crippen LogP) is 3.24. The first-order chi connectivity index (χ1) is 11.7. The van der Waals surface area contributed by atoms with Gasteiger partial charge in [-0.3, -0.25) is 4.79 Å². The molecule has 1 heterocycles. The van der Waals surface area contributed by atoms with E-state index in [0.29, 0.717) is 5.17 Å². The van der Waals surface area contributed by atoms with Crippen LogP contribution in [-0.2, 0) is 14.3 Å². The average Bonchev–Trinajstić information content (AvgIpc) is 3.20. The number of hydrogen-bond acceptors (Lipinski definition) is 6. The van der Waals surface area contributed by atoms with Gasteiger partial charge >= 0.3 is 5.97 Å². The van der Waals surface area contributed by atoms with Crippen LogP contribution in [-0.4, -0.2) is 34.9 Å². The van der Waals surface area contributed by atoms with Crippen molar-refractivity contribution in [2.24, 2.45) is 10.1 Å².